The molecule has 1 aromatic carbocycles. The molecule has 2 rings (SSSR count). The highest BCUT2D eigenvalue weighted by atomic mass is 16.5. The van der Waals surface area contributed by atoms with E-state index in [0.29, 0.717) is 6.54 Å². The predicted octanol–water partition coefficient (Wildman–Crippen LogP) is 1.61. The maximum atomic E-state index is 11.4. The third kappa shape index (κ3) is 1.08. The van der Waals surface area contributed by atoms with E-state index in [1.54, 1.807) is 7.11 Å². The first-order chi connectivity index (χ1) is 6.24. The number of rotatable bonds is 1. The van der Waals surface area contributed by atoms with Gasteiger partial charge in [-0.3, -0.25) is 4.79 Å². The van der Waals surface area contributed by atoms with Crippen molar-refractivity contribution in [2.45, 2.75) is 6.92 Å². The van der Waals surface area contributed by atoms with Gasteiger partial charge in [-0.15, -0.1) is 0 Å². The number of methoxy groups -OCH3 is 1. The number of carbonyl (C=O) groups excluding carboxylic acids is 1. The zero-order valence-corrected chi connectivity index (χ0v) is 7.68. The van der Waals surface area contributed by atoms with Crippen LogP contribution in [0.5, 0.6) is 5.75 Å². The molecule has 0 aliphatic carbocycles. The lowest BCUT2D eigenvalue weighted by molar-refractivity contribution is 0.101. The number of Topliss-reactive ketones (excluding diaryl/α,β-unsaturated/α-hetero) is 1. The van der Waals surface area contributed by atoms with Gasteiger partial charge in [-0.25, -0.2) is 0 Å². The van der Waals surface area contributed by atoms with Gasteiger partial charge in [-0.05, 0) is 18.6 Å². The summed E-state index contributed by atoms with van der Waals surface area (Å²) in [6, 6.07) is 3.78. The van der Waals surface area contributed by atoms with Gasteiger partial charge in [0.25, 0.3) is 0 Å². The van der Waals surface area contributed by atoms with E-state index in [9.17, 15) is 4.79 Å². The highest BCUT2D eigenvalue weighted by Gasteiger charge is 2.24. The lowest BCUT2D eigenvalue weighted by Crippen LogP contribution is -2.01. The van der Waals surface area contributed by atoms with E-state index in [2.05, 4.69) is 5.32 Å². The van der Waals surface area contributed by atoms with E-state index >= 15 is 0 Å². The summed E-state index contributed by atoms with van der Waals surface area (Å²) in [6.45, 7) is 2.32. The Kier molecular flexibility index (Phi) is 1.72. The molecule has 68 valence electrons. The molecule has 0 amide bonds. The van der Waals surface area contributed by atoms with E-state index in [1.165, 1.54) is 0 Å². The maximum Gasteiger partial charge on any atom is 0.184 e. The molecule has 3 nitrogen and oxygen atoms in total. The Morgan fingerprint density at radius 2 is 2.23 bits per heavy atom. The number of nitrogens with one attached hydrogen (secondary N) is 1. The molecule has 0 unspecified atom stereocenters. The summed E-state index contributed by atoms with van der Waals surface area (Å²) in [7, 11) is 1.61. The summed E-state index contributed by atoms with van der Waals surface area (Å²) in [5.41, 5.74) is 2.62. The zero-order valence-electron chi connectivity index (χ0n) is 7.68. The van der Waals surface area contributed by atoms with Crippen LogP contribution in [0.4, 0.5) is 5.69 Å². The number of carbonyl (C=O) groups is 1. The van der Waals surface area contributed by atoms with Crippen molar-refractivity contribution in [3.63, 3.8) is 0 Å². The Hall–Kier alpha value is -1.51. The first-order valence-corrected chi connectivity index (χ1v) is 4.18. The van der Waals surface area contributed by atoms with Crippen molar-refractivity contribution < 1.29 is 9.53 Å². The Morgan fingerprint density at radius 1 is 1.46 bits per heavy atom. The molecule has 1 aromatic rings. The normalized spacial score (nSPS) is 13.8. The van der Waals surface area contributed by atoms with Crippen molar-refractivity contribution in [1.29, 1.82) is 0 Å². The van der Waals surface area contributed by atoms with Crippen LogP contribution in [-0.2, 0) is 0 Å². The van der Waals surface area contributed by atoms with Gasteiger partial charge >= 0.3 is 0 Å². The third-order valence-corrected chi connectivity index (χ3v) is 2.30. The highest BCUT2D eigenvalue weighted by Crippen LogP contribution is 2.34. The number of ketones is 1. The monoisotopic (exact) mass is 177 g/mol. The minimum atomic E-state index is 0.145. The fraction of sp³-hybridized carbons (Fsp3) is 0.300. The SMILES string of the molecule is COc1ccc(C)c2c1NCC2=O. The molecule has 0 aromatic heterocycles. The fourth-order valence-electron chi connectivity index (χ4n) is 1.65. The van der Waals surface area contributed by atoms with Crippen LogP contribution in [0.2, 0.25) is 0 Å². The number of aryl methyl sites for hydroxylation is 1. The smallest absolute Gasteiger partial charge is 0.184 e. The number of ether oxygens (including phenoxy) is 1. The standard InChI is InChI=1S/C10H11NO2/c1-6-3-4-8(13-2)10-9(6)7(12)5-11-10/h3-4,11H,5H2,1-2H3. The number of hydrogen-bond donors (Lipinski definition) is 1. The van der Waals surface area contributed by atoms with Crippen LogP contribution < -0.4 is 10.1 Å². The van der Waals surface area contributed by atoms with Crippen LogP contribution in [0.1, 0.15) is 15.9 Å². The van der Waals surface area contributed by atoms with Gasteiger partial charge in [0.15, 0.2) is 5.78 Å². The Morgan fingerprint density at radius 3 is 2.92 bits per heavy atom. The van der Waals surface area contributed by atoms with Crippen molar-refractivity contribution in [1.82, 2.24) is 0 Å². The first kappa shape index (κ1) is 8.10. The van der Waals surface area contributed by atoms with Gasteiger partial charge < -0.3 is 10.1 Å². The zero-order chi connectivity index (χ0) is 9.42. The molecule has 0 saturated carbocycles. The van der Waals surface area contributed by atoms with Crippen LogP contribution in [0.3, 0.4) is 0 Å². The molecule has 1 N–H and O–H groups in total. The van der Waals surface area contributed by atoms with E-state index in [4.69, 9.17) is 4.74 Å². The molecule has 0 atom stereocenters. The summed E-state index contributed by atoms with van der Waals surface area (Å²) in [5, 5.41) is 3.04. The van der Waals surface area contributed by atoms with Gasteiger partial charge in [0.05, 0.1) is 19.3 Å². The lowest BCUT2D eigenvalue weighted by atomic mass is 10.1. The van der Waals surface area contributed by atoms with Gasteiger partial charge in [0.2, 0.25) is 0 Å². The maximum absolute atomic E-state index is 11.4. The summed E-state index contributed by atoms with van der Waals surface area (Å²) in [6.07, 6.45) is 0. The number of benzene rings is 1. The Bertz CT molecular complexity index is 371. The minimum Gasteiger partial charge on any atom is -0.495 e. The van der Waals surface area contributed by atoms with Crippen molar-refractivity contribution in [3.8, 4) is 5.75 Å². The molecule has 1 aliphatic heterocycles. The molecule has 1 aliphatic rings. The van der Waals surface area contributed by atoms with Crippen LogP contribution in [0.25, 0.3) is 0 Å². The van der Waals surface area contributed by atoms with E-state index in [-0.39, 0.29) is 5.78 Å². The van der Waals surface area contributed by atoms with E-state index < -0.39 is 0 Å². The van der Waals surface area contributed by atoms with Crippen LogP contribution in [0.15, 0.2) is 12.1 Å². The highest BCUT2D eigenvalue weighted by molar-refractivity contribution is 6.10. The summed E-state index contributed by atoms with van der Waals surface area (Å²) >= 11 is 0. The Labute approximate surface area is 76.7 Å². The van der Waals surface area contributed by atoms with Crippen molar-refractivity contribution >= 4 is 11.5 Å². The van der Waals surface area contributed by atoms with Crippen molar-refractivity contribution in [2.24, 2.45) is 0 Å². The number of hydrogen-bond acceptors (Lipinski definition) is 3. The molecule has 0 radical (unpaired) electrons. The Balaban J connectivity index is 2.65. The van der Waals surface area contributed by atoms with E-state index in [0.717, 1.165) is 22.6 Å². The average Bonchev–Trinajstić information content (AvgIpc) is 2.50. The van der Waals surface area contributed by atoms with Gasteiger partial charge in [-0.1, -0.05) is 6.07 Å². The van der Waals surface area contributed by atoms with Crippen LogP contribution >= 0.6 is 0 Å². The molecular formula is C10H11NO2. The molecule has 0 bridgehead atoms. The molecular weight excluding hydrogens is 166 g/mol. The summed E-state index contributed by atoms with van der Waals surface area (Å²) in [4.78, 5) is 11.4. The van der Waals surface area contributed by atoms with Gasteiger partial charge in [0, 0.05) is 5.56 Å². The number of anilines is 1. The third-order valence-electron chi connectivity index (χ3n) is 2.30. The molecule has 1 heterocycles. The molecule has 0 saturated heterocycles. The van der Waals surface area contributed by atoms with Crippen molar-refractivity contribution in [2.75, 3.05) is 19.0 Å². The molecule has 0 spiro atoms. The second-order valence-corrected chi connectivity index (χ2v) is 3.11. The van der Waals surface area contributed by atoms with Crippen LogP contribution in [-0.4, -0.2) is 19.4 Å². The molecule has 3 heteroatoms. The first-order valence-electron chi connectivity index (χ1n) is 4.18. The summed E-state index contributed by atoms with van der Waals surface area (Å²) < 4.78 is 5.15. The van der Waals surface area contributed by atoms with Gasteiger partial charge in [0.1, 0.15) is 5.75 Å². The lowest BCUT2D eigenvalue weighted by Gasteiger charge is -2.07. The largest absolute Gasteiger partial charge is 0.495 e. The summed E-state index contributed by atoms with van der Waals surface area (Å²) in [5.74, 6) is 0.887. The average molecular weight is 177 g/mol. The van der Waals surface area contributed by atoms with E-state index in [1.807, 2.05) is 19.1 Å². The number of fused-ring (bicyclic) bond motifs is 1. The fourth-order valence-corrected chi connectivity index (χ4v) is 1.65. The topological polar surface area (TPSA) is 38.3 Å². The molecule has 0 fully saturated rings. The second-order valence-electron chi connectivity index (χ2n) is 3.11. The van der Waals surface area contributed by atoms with Gasteiger partial charge in [-0.2, -0.15) is 0 Å². The molecule has 13 heavy (non-hydrogen) atoms. The van der Waals surface area contributed by atoms with Crippen LogP contribution in [0, 0.1) is 6.92 Å². The quantitative estimate of drug-likeness (QED) is 0.708. The minimum absolute atomic E-state index is 0.145. The second kappa shape index (κ2) is 2.76. The van der Waals surface area contributed by atoms with Crippen molar-refractivity contribution in [3.05, 3.63) is 23.3 Å². The predicted molar refractivity (Wildman–Crippen MR) is 50.6 cm³/mol.